The number of carbonyl (C=O) groups excluding carboxylic acids is 1. The molecule has 1 aromatic heterocycles. The van der Waals surface area contributed by atoms with Crippen molar-refractivity contribution in [3.8, 4) is 0 Å². The smallest absolute Gasteiger partial charge is 0.260 e. The number of hydrogen-bond acceptors (Lipinski definition) is 3. The molecule has 1 unspecified atom stereocenters. The minimum Gasteiger partial charge on any atom is -0.361 e. The van der Waals surface area contributed by atoms with Crippen LogP contribution in [-0.2, 0) is 11.2 Å². The molecule has 0 aliphatic carbocycles. The van der Waals surface area contributed by atoms with Crippen molar-refractivity contribution >= 4 is 16.8 Å². The normalized spacial score (nSPS) is 12.6. The van der Waals surface area contributed by atoms with E-state index < -0.39 is 11.9 Å². The fourth-order valence-corrected chi connectivity index (χ4v) is 1.71. The molecule has 5 N–H and O–H groups in total. The maximum absolute atomic E-state index is 11.1. The Bertz CT molecular complexity index is 507. The van der Waals surface area contributed by atoms with Crippen molar-refractivity contribution in [3.05, 3.63) is 36.0 Å². The fraction of sp³-hybridized carbons (Fsp3) is 0.182. The highest BCUT2D eigenvalue weighted by Gasteiger charge is 2.15. The van der Waals surface area contributed by atoms with Gasteiger partial charge >= 0.3 is 0 Å². The summed E-state index contributed by atoms with van der Waals surface area (Å²) in [6.07, 6.45) is 2.21. The van der Waals surface area contributed by atoms with Crippen LogP contribution in [0.5, 0.6) is 0 Å². The van der Waals surface area contributed by atoms with E-state index in [2.05, 4.69) is 4.98 Å². The van der Waals surface area contributed by atoms with Gasteiger partial charge in [-0.3, -0.25) is 10.0 Å². The molecule has 0 aliphatic heterocycles. The van der Waals surface area contributed by atoms with E-state index in [0.29, 0.717) is 6.42 Å². The number of benzene rings is 1. The Morgan fingerprint density at radius 3 is 3.00 bits per heavy atom. The summed E-state index contributed by atoms with van der Waals surface area (Å²) in [4.78, 5) is 14.2. The second-order valence-corrected chi connectivity index (χ2v) is 3.65. The molecule has 0 saturated carbocycles. The topological polar surface area (TPSA) is 91.1 Å². The van der Waals surface area contributed by atoms with E-state index in [9.17, 15) is 4.79 Å². The van der Waals surface area contributed by atoms with E-state index in [1.807, 2.05) is 30.5 Å². The van der Waals surface area contributed by atoms with Crippen LogP contribution in [0.2, 0.25) is 0 Å². The van der Waals surface area contributed by atoms with Gasteiger partial charge in [0, 0.05) is 17.1 Å². The van der Waals surface area contributed by atoms with Crippen molar-refractivity contribution in [2.45, 2.75) is 12.5 Å². The Kier molecular flexibility index (Phi) is 2.89. The van der Waals surface area contributed by atoms with Gasteiger partial charge in [0.25, 0.3) is 5.91 Å². The summed E-state index contributed by atoms with van der Waals surface area (Å²) in [7, 11) is 0. The summed E-state index contributed by atoms with van der Waals surface area (Å²) >= 11 is 0. The molecule has 0 radical (unpaired) electrons. The Balaban J connectivity index is 2.24. The van der Waals surface area contributed by atoms with Gasteiger partial charge in [0.2, 0.25) is 0 Å². The summed E-state index contributed by atoms with van der Waals surface area (Å²) < 4.78 is 0. The van der Waals surface area contributed by atoms with Gasteiger partial charge in [-0.2, -0.15) is 0 Å². The third-order valence-corrected chi connectivity index (χ3v) is 2.56. The first kappa shape index (κ1) is 10.7. The van der Waals surface area contributed by atoms with Crippen LogP contribution < -0.4 is 11.2 Å². The number of hydrogen-bond donors (Lipinski definition) is 4. The average molecular weight is 219 g/mol. The van der Waals surface area contributed by atoms with Crippen molar-refractivity contribution in [2.75, 3.05) is 0 Å². The third kappa shape index (κ3) is 1.91. The zero-order chi connectivity index (χ0) is 11.5. The molecule has 84 valence electrons. The van der Waals surface area contributed by atoms with Crippen LogP contribution in [0.1, 0.15) is 5.56 Å². The number of H-pyrrole nitrogens is 1. The van der Waals surface area contributed by atoms with E-state index in [1.165, 1.54) is 0 Å². The lowest BCUT2D eigenvalue weighted by atomic mass is 10.1. The second kappa shape index (κ2) is 4.34. The van der Waals surface area contributed by atoms with Crippen LogP contribution in [0.3, 0.4) is 0 Å². The first-order chi connectivity index (χ1) is 7.72. The van der Waals surface area contributed by atoms with E-state index in [0.717, 1.165) is 16.5 Å². The van der Waals surface area contributed by atoms with E-state index in [-0.39, 0.29) is 0 Å². The first-order valence-electron chi connectivity index (χ1n) is 4.97. The molecule has 0 aliphatic rings. The Labute approximate surface area is 92.2 Å². The molecular weight excluding hydrogens is 206 g/mol. The van der Waals surface area contributed by atoms with Crippen molar-refractivity contribution in [1.29, 1.82) is 0 Å². The van der Waals surface area contributed by atoms with E-state index in [1.54, 1.807) is 5.48 Å². The Morgan fingerprint density at radius 2 is 2.25 bits per heavy atom. The Hall–Kier alpha value is -1.85. The maximum Gasteiger partial charge on any atom is 0.260 e. The standard InChI is InChI=1S/C11H13N3O2/c12-9(11(15)14-16)5-7-6-13-10-4-2-1-3-8(7)10/h1-4,6,9,13,16H,5,12H2,(H,14,15). The molecule has 16 heavy (non-hydrogen) atoms. The first-order valence-corrected chi connectivity index (χ1v) is 4.97. The maximum atomic E-state index is 11.1. The number of nitrogens with two attached hydrogens (primary N) is 1. The van der Waals surface area contributed by atoms with Crippen LogP contribution in [0.25, 0.3) is 10.9 Å². The molecule has 1 atom stereocenters. The Morgan fingerprint density at radius 1 is 1.50 bits per heavy atom. The van der Waals surface area contributed by atoms with Crippen LogP contribution in [0.4, 0.5) is 0 Å². The zero-order valence-electron chi connectivity index (χ0n) is 8.60. The molecule has 1 heterocycles. The van der Waals surface area contributed by atoms with E-state index in [4.69, 9.17) is 10.9 Å². The number of amides is 1. The molecule has 0 fully saturated rings. The second-order valence-electron chi connectivity index (χ2n) is 3.65. The zero-order valence-corrected chi connectivity index (χ0v) is 8.60. The monoisotopic (exact) mass is 219 g/mol. The number of fused-ring (bicyclic) bond motifs is 1. The van der Waals surface area contributed by atoms with Crippen LogP contribution >= 0.6 is 0 Å². The van der Waals surface area contributed by atoms with Gasteiger partial charge in [0.1, 0.15) is 0 Å². The van der Waals surface area contributed by atoms with Gasteiger partial charge in [0.15, 0.2) is 0 Å². The average Bonchev–Trinajstić information content (AvgIpc) is 2.72. The highest BCUT2D eigenvalue weighted by molar-refractivity contribution is 5.85. The van der Waals surface area contributed by atoms with Gasteiger partial charge < -0.3 is 10.7 Å². The molecule has 1 amide bonds. The summed E-state index contributed by atoms with van der Waals surface area (Å²) in [6, 6.07) is 7.03. The molecular formula is C11H13N3O2. The number of para-hydroxylation sites is 1. The SMILES string of the molecule is NC(Cc1c[nH]c2ccccc12)C(=O)NO. The minimum atomic E-state index is -0.746. The molecule has 2 rings (SSSR count). The molecule has 5 nitrogen and oxygen atoms in total. The number of rotatable bonds is 3. The molecule has 1 aromatic carbocycles. The minimum absolute atomic E-state index is 0.385. The number of aromatic amines is 1. The molecule has 0 bridgehead atoms. The predicted octanol–water partition coefficient (Wildman–Crippen LogP) is 0.543. The van der Waals surface area contributed by atoms with Crippen molar-refractivity contribution in [3.63, 3.8) is 0 Å². The quantitative estimate of drug-likeness (QED) is 0.448. The molecule has 5 heteroatoms. The number of hydroxylamine groups is 1. The molecule has 0 spiro atoms. The third-order valence-electron chi connectivity index (χ3n) is 2.56. The van der Waals surface area contributed by atoms with Crippen LogP contribution in [0.15, 0.2) is 30.5 Å². The van der Waals surface area contributed by atoms with Gasteiger partial charge in [-0.1, -0.05) is 18.2 Å². The van der Waals surface area contributed by atoms with Crippen molar-refractivity contribution in [1.82, 2.24) is 10.5 Å². The van der Waals surface area contributed by atoms with Crippen LogP contribution in [0, 0.1) is 0 Å². The van der Waals surface area contributed by atoms with Gasteiger partial charge in [-0.05, 0) is 18.1 Å². The predicted molar refractivity (Wildman–Crippen MR) is 59.9 cm³/mol. The highest BCUT2D eigenvalue weighted by atomic mass is 16.5. The summed E-state index contributed by atoms with van der Waals surface area (Å²) in [5, 5.41) is 9.50. The summed E-state index contributed by atoms with van der Waals surface area (Å²) in [5.41, 5.74) is 9.15. The molecule has 2 aromatic rings. The largest absolute Gasteiger partial charge is 0.361 e. The van der Waals surface area contributed by atoms with Crippen molar-refractivity contribution < 1.29 is 10.0 Å². The summed E-state index contributed by atoms with van der Waals surface area (Å²) in [6.45, 7) is 0. The van der Waals surface area contributed by atoms with Gasteiger partial charge in [-0.25, -0.2) is 5.48 Å². The number of aromatic nitrogens is 1. The van der Waals surface area contributed by atoms with Gasteiger partial charge in [0.05, 0.1) is 6.04 Å². The summed E-state index contributed by atoms with van der Waals surface area (Å²) in [5.74, 6) is -0.578. The lowest BCUT2D eigenvalue weighted by Gasteiger charge is -2.07. The van der Waals surface area contributed by atoms with Crippen LogP contribution in [-0.4, -0.2) is 22.1 Å². The number of nitrogens with one attached hydrogen (secondary N) is 2. The number of carbonyl (C=O) groups is 1. The lowest BCUT2D eigenvalue weighted by Crippen LogP contribution is -2.40. The van der Waals surface area contributed by atoms with E-state index >= 15 is 0 Å². The highest BCUT2D eigenvalue weighted by Crippen LogP contribution is 2.18. The molecule has 0 saturated heterocycles. The fourth-order valence-electron chi connectivity index (χ4n) is 1.71. The van der Waals surface area contributed by atoms with Crippen molar-refractivity contribution in [2.24, 2.45) is 5.73 Å². The van der Waals surface area contributed by atoms with Gasteiger partial charge in [-0.15, -0.1) is 0 Å². The lowest BCUT2D eigenvalue weighted by molar-refractivity contribution is -0.130.